The number of alkyl halides is 1. The van der Waals surface area contributed by atoms with Gasteiger partial charge in [0.25, 0.3) is 0 Å². The van der Waals surface area contributed by atoms with Gasteiger partial charge in [0.2, 0.25) is 0 Å². The number of phenols is 1. The Morgan fingerprint density at radius 1 is 1.38 bits per heavy atom. The van der Waals surface area contributed by atoms with E-state index in [1.807, 2.05) is 0 Å². The van der Waals surface area contributed by atoms with Gasteiger partial charge >= 0.3 is 6.09 Å². The summed E-state index contributed by atoms with van der Waals surface area (Å²) in [5.74, 6) is -0.270. The molecule has 0 saturated heterocycles. The average molecular weight is 285 g/mol. The first kappa shape index (κ1) is 13.2. The first-order valence-corrected chi connectivity index (χ1v) is 5.51. The Morgan fingerprint density at radius 3 is 2.50 bits per heavy atom. The van der Waals surface area contributed by atoms with E-state index in [-0.39, 0.29) is 33.9 Å². The molecule has 16 heavy (non-hydrogen) atoms. The summed E-state index contributed by atoms with van der Waals surface area (Å²) in [6, 6.07) is 2.77. The van der Waals surface area contributed by atoms with Crippen LogP contribution in [0.25, 0.3) is 0 Å². The zero-order valence-corrected chi connectivity index (χ0v) is 10.2. The monoisotopic (exact) mass is 283 g/mol. The molecule has 4 nitrogen and oxygen atoms in total. The highest BCUT2D eigenvalue weighted by Gasteiger charge is 2.20. The molecule has 7 heteroatoms. The molecule has 0 fully saturated rings. The minimum atomic E-state index is -1.23. The third-order valence-corrected chi connectivity index (χ3v) is 2.84. The molecule has 1 rings (SSSR count). The maximum atomic E-state index is 10.9. The van der Waals surface area contributed by atoms with Crippen molar-refractivity contribution in [2.24, 2.45) is 0 Å². The number of hydrogen-bond donors (Lipinski definition) is 2. The Bertz CT molecular complexity index is 411. The quantitative estimate of drug-likeness (QED) is 0.836. The lowest BCUT2D eigenvalue weighted by Gasteiger charge is -2.19. The number of hydrogen-bond acceptors (Lipinski definition) is 2. The van der Waals surface area contributed by atoms with Gasteiger partial charge in [-0.1, -0.05) is 23.2 Å². The molecule has 88 valence electrons. The van der Waals surface area contributed by atoms with Crippen molar-refractivity contribution >= 4 is 46.6 Å². The van der Waals surface area contributed by atoms with Crippen molar-refractivity contribution < 1.29 is 15.0 Å². The number of phenolic OH excluding ortho intramolecular Hbond substituents is 1. The summed E-state index contributed by atoms with van der Waals surface area (Å²) in [6.07, 6.45) is -1.23. The van der Waals surface area contributed by atoms with Crippen LogP contribution in [-0.4, -0.2) is 28.7 Å². The van der Waals surface area contributed by atoms with Gasteiger partial charge in [0, 0.05) is 12.4 Å². The van der Waals surface area contributed by atoms with Gasteiger partial charge in [-0.15, -0.1) is 11.6 Å². The Balaban J connectivity index is 3.20. The summed E-state index contributed by atoms with van der Waals surface area (Å²) >= 11 is 16.8. The maximum Gasteiger partial charge on any atom is 0.411 e. The van der Waals surface area contributed by atoms with Crippen LogP contribution in [0.15, 0.2) is 12.1 Å². The van der Waals surface area contributed by atoms with Crippen molar-refractivity contribution in [3.8, 4) is 5.75 Å². The number of halogens is 3. The lowest BCUT2D eigenvalue weighted by molar-refractivity contribution is 0.202. The normalized spacial score (nSPS) is 10.2. The van der Waals surface area contributed by atoms with Crippen molar-refractivity contribution in [2.45, 2.75) is 0 Å². The van der Waals surface area contributed by atoms with E-state index in [0.717, 1.165) is 4.90 Å². The number of benzene rings is 1. The second kappa shape index (κ2) is 5.48. The van der Waals surface area contributed by atoms with E-state index >= 15 is 0 Å². The largest absolute Gasteiger partial charge is 0.504 e. The Kier molecular flexibility index (Phi) is 4.53. The predicted octanol–water partition coefficient (Wildman–Crippen LogP) is 3.42. The zero-order chi connectivity index (χ0) is 12.3. The van der Waals surface area contributed by atoms with E-state index in [9.17, 15) is 9.90 Å². The fourth-order valence-corrected chi connectivity index (χ4v) is 1.63. The molecule has 0 aromatic heterocycles. The van der Waals surface area contributed by atoms with Crippen LogP contribution in [0.4, 0.5) is 10.5 Å². The van der Waals surface area contributed by atoms with Gasteiger partial charge < -0.3 is 10.2 Å². The molecule has 0 aliphatic carbocycles. The molecule has 0 unspecified atom stereocenters. The Morgan fingerprint density at radius 2 is 2.00 bits per heavy atom. The SMILES string of the molecule is O=C(O)N(CCCl)c1ccc(Cl)c(Cl)c1O. The number of carbonyl (C=O) groups is 1. The highest BCUT2D eigenvalue weighted by molar-refractivity contribution is 6.43. The van der Waals surface area contributed by atoms with Crippen molar-refractivity contribution in [1.82, 2.24) is 0 Å². The second-order valence-electron chi connectivity index (χ2n) is 2.85. The van der Waals surface area contributed by atoms with Gasteiger partial charge in [-0.25, -0.2) is 4.79 Å². The average Bonchev–Trinajstić information content (AvgIpc) is 2.24. The smallest absolute Gasteiger partial charge is 0.411 e. The van der Waals surface area contributed by atoms with Gasteiger partial charge in [-0.2, -0.15) is 0 Å². The fourth-order valence-electron chi connectivity index (χ4n) is 1.15. The van der Waals surface area contributed by atoms with Crippen LogP contribution >= 0.6 is 34.8 Å². The topological polar surface area (TPSA) is 60.8 Å². The molecule has 0 radical (unpaired) electrons. The highest BCUT2D eigenvalue weighted by atomic mass is 35.5. The van der Waals surface area contributed by atoms with E-state index < -0.39 is 6.09 Å². The van der Waals surface area contributed by atoms with E-state index in [4.69, 9.17) is 39.9 Å². The predicted molar refractivity (Wildman–Crippen MR) is 64.2 cm³/mol. The number of amides is 1. The molecule has 0 atom stereocenters. The van der Waals surface area contributed by atoms with E-state index in [0.29, 0.717) is 0 Å². The number of nitrogens with zero attached hydrogens (tertiary/aromatic N) is 1. The molecular weight excluding hydrogens is 276 g/mol. The number of carboxylic acid groups (broad SMARTS) is 1. The summed E-state index contributed by atoms with van der Waals surface area (Å²) in [5.41, 5.74) is 0.0579. The zero-order valence-electron chi connectivity index (χ0n) is 7.95. The standard InChI is InChI=1S/C9H8Cl3NO3/c10-3-4-13(9(15)16)6-2-1-5(11)7(12)8(6)14/h1-2,14H,3-4H2,(H,15,16). The molecule has 1 amide bonds. The Hall–Kier alpha value is -0.840. The first-order chi connectivity index (χ1) is 7.49. The number of aromatic hydroxyl groups is 1. The van der Waals surface area contributed by atoms with Crippen molar-refractivity contribution in [3.05, 3.63) is 22.2 Å². The van der Waals surface area contributed by atoms with Crippen molar-refractivity contribution in [2.75, 3.05) is 17.3 Å². The summed E-state index contributed by atoms with van der Waals surface area (Å²) in [5, 5.41) is 18.7. The van der Waals surface area contributed by atoms with Crippen molar-refractivity contribution in [1.29, 1.82) is 0 Å². The van der Waals surface area contributed by atoms with Gasteiger partial charge in [0.05, 0.1) is 10.7 Å². The molecule has 1 aromatic rings. The van der Waals surface area contributed by atoms with E-state index in [2.05, 4.69) is 0 Å². The lowest BCUT2D eigenvalue weighted by atomic mass is 10.2. The maximum absolute atomic E-state index is 10.9. The van der Waals surface area contributed by atoms with E-state index in [1.54, 1.807) is 0 Å². The van der Waals surface area contributed by atoms with E-state index in [1.165, 1.54) is 12.1 Å². The van der Waals surface area contributed by atoms with Crippen LogP contribution in [0.3, 0.4) is 0 Å². The highest BCUT2D eigenvalue weighted by Crippen LogP contribution is 2.39. The van der Waals surface area contributed by atoms with Gasteiger partial charge in [0.15, 0.2) is 5.75 Å². The molecule has 0 bridgehead atoms. The molecule has 0 heterocycles. The molecule has 0 aliphatic heterocycles. The summed E-state index contributed by atoms with van der Waals surface area (Å²) < 4.78 is 0. The molecule has 0 saturated carbocycles. The summed E-state index contributed by atoms with van der Waals surface area (Å²) in [6.45, 7) is 0.0441. The first-order valence-electron chi connectivity index (χ1n) is 4.22. The third kappa shape index (κ3) is 2.64. The van der Waals surface area contributed by atoms with Crippen LogP contribution < -0.4 is 4.90 Å². The van der Waals surface area contributed by atoms with Gasteiger partial charge in [0.1, 0.15) is 5.02 Å². The number of rotatable bonds is 3. The minimum absolute atomic E-state index is 0.0441. The summed E-state index contributed by atoms with van der Waals surface area (Å²) in [7, 11) is 0. The molecule has 2 N–H and O–H groups in total. The molecule has 0 aliphatic rings. The minimum Gasteiger partial charge on any atom is -0.504 e. The molecular formula is C9H8Cl3NO3. The van der Waals surface area contributed by atoms with Gasteiger partial charge in [-0.05, 0) is 12.1 Å². The van der Waals surface area contributed by atoms with Crippen LogP contribution in [0, 0.1) is 0 Å². The summed E-state index contributed by atoms with van der Waals surface area (Å²) in [4.78, 5) is 11.8. The third-order valence-electron chi connectivity index (χ3n) is 1.88. The molecule has 0 spiro atoms. The second-order valence-corrected chi connectivity index (χ2v) is 4.02. The van der Waals surface area contributed by atoms with Gasteiger partial charge in [-0.3, -0.25) is 4.90 Å². The fraction of sp³-hybridized carbons (Fsp3) is 0.222. The van der Waals surface area contributed by atoms with Crippen LogP contribution in [0.2, 0.25) is 10.0 Å². The molecule has 1 aromatic carbocycles. The van der Waals surface area contributed by atoms with Crippen LogP contribution in [0.1, 0.15) is 0 Å². The van der Waals surface area contributed by atoms with Crippen molar-refractivity contribution in [3.63, 3.8) is 0 Å². The number of anilines is 1. The Labute approximate surface area is 107 Å². The van der Waals surface area contributed by atoms with Crippen LogP contribution in [-0.2, 0) is 0 Å². The van der Waals surface area contributed by atoms with Crippen LogP contribution in [0.5, 0.6) is 5.75 Å². The lowest BCUT2D eigenvalue weighted by Crippen LogP contribution is -2.31.